The van der Waals surface area contributed by atoms with Gasteiger partial charge in [0.25, 0.3) is 5.91 Å². The summed E-state index contributed by atoms with van der Waals surface area (Å²) in [5, 5.41) is 17.5. The number of nitrogens with one attached hydrogen (secondary N) is 3. The Balaban J connectivity index is 1.43. The number of hydrogen-bond acceptors (Lipinski definition) is 11. The molecule has 3 aromatic heterocycles. The average Bonchev–Trinajstić information content (AvgIpc) is 3.47. The molecule has 3 N–H and O–H groups in total. The van der Waals surface area contributed by atoms with Gasteiger partial charge < -0.3 is 14.8 Å². The molecule has 0 atom stereocenters. The van der Waals surface area contributed by atoms with Crippen LogP contribution in [-0.4, -0.2) is 42.8 Å². The van der Waals surface area contributed by atoms with Crippen molar-refractivity contribution in [2.75, 3.05) is 16.0 Å². The van der Waals surface area contributed by atoms with E-state index in [1.807, 2.05) is 12.1 Å². The first-order chi connectivity index (χ1) is 20.5. The third-order valence-electron chi connectivity index (χ3n) is 5.91. The lowest BCUT2D eigenvalue weighted by atomic mass is 10.1. The Morgan fingerprint density at radius 2 is 1.74 bits per heavy atom. The molecule has 0 bridgehead atoms. The lowest BCUT2D eigenvalue weighted by Gasteiger charge is -2.19. The number of carbonyl (C=O) groups is 2. The van der Waals surface area contributed by atoms with E-state index >= 15 is 0 Å². The number of pyridine rings is 1. The smallest absolute Gasteiger partial charge is 0.412 e. The van der Waals surface area contributed by atoms with Crippen molar-refractivity contribution in [1.82, 2.24) is 25.1 Å². The van der Waals surface area contributed by atoms with Crippen molar-refractivity contribution in [2.24, 2.45) is 0 Å². The van der Waals surface area contributed by atoms with Gasteiger partial charge >= 0.3 is 6.09 Å². The number of ether oxygens (including phenoxy) is 2. The van der Waals surface area contributed by atoms with Gasteiger partial charge in [0, 0.05) is 16.9 Å². The van der Waals surface area contributed by atoms with Crippen molar-refractivity contribution in [3.8, 4) is 11.5 Å². The van der Waals surface area contributed by atoms with Gasteiger partial charge in [-0.15, -0.1) is 10.2 Å². The van der Waals surface area contributed by atoms with Gasteiger partial charge in [-0.3, -0.25) is 15.4 Å². The summed E-state index contributed by atoms with van der Waals surface area (Å²) in [4.78, 5) is 38.6. The Kier molecular flexibility index (Phi) is 8.44. The maximum absolute atomic E-state index is 13.0. The number of anilines is 4. The predicted molar refractivity (Wildman–Crippen MR) is 165 cm³/mol. The van der Waals surface area contributed by atoms with Crippen molar-refractivity contribution in [3.05, 3.63) is 77.7 Å². The summed E-state index contributed by atoms with van der Waals surface area (Å²) in [5.74, 6) is 1.30. The van der Waals surface area contributed by atoms with E-state index in [0.29, 0.717) is 50.4 Å². The molecule has 2 aromatic carbocycles. The topological polar surface area (TPSA) is 153 Å². The summed E-state index contributed by atoms with van der Waals surface area (Å²) in [6.07, 6.45) is 0.882. The third-order valence-corrected chi connectivity index (χ3v) is 6.52. The molecule has 0 unspecified atom stereocenters. The molecule has 43 heavy (non-hydrogen) atoms. The lowest BCUT2D eigenvalue weighted by molar-refractivity contribution is 0.0635. The quantitative estimate of drug-likeness (QED) is 0.168. The highest BCUT2D eigenvalue weighted by atomic mass is 32.1. The molecule has 0 aliphatic heterocycles. The minimum absolute atomic E-state index is 0.240. The summed E-state index contributed by atoms with van der Waals surface area (Å²) < 4.78 is 11.5. The lowest BCUT2D eigenvalue weighted by Crippen LogP contribution is -2.27. The number of aromatic nitrogens is 5. The number of hydrogen-bond donors (Lipinski definition) is 3. The Bertz CT molecular complexity index is 1750. The van der Waals surface area contributed by atoms with Crippen LogP contribution in [0.15, 0.2) is 66.4 Å². The van der Waals surface area contributed by atoms with E-state index in [0.717, 1.165) is 5.69 Å². The van der Waals surface area contributed by atoms with Crippen molar-refractivity contribution >= 4 is 56.7 Å². The minimum atomic E-state index is -0.613. The summed E-state index contributed by atoms with van der Waals surface area (Å²) in [6, 6.07) is 15.7. The normalized spacial score (nSPS) is 11.3. The standard InChI is InChI=1S/C30H30N8O4S/c1-17(2)22-12-11-21-25(35-22)31-15-32-26(21)36-23-14-18(27(39)37-28-38-33-16-43-28)6-13-24(23)41-20-9-7-19(8-10-20)34-29(40)42-30(3,4)5/h6-17H,1-5H3,(H,34,40)(H,37,38,39)(H,31,32,35,36). The van der Waals surface area contributed by atoms with Gasteiger partial charge in [-0.05, 0) is 81.3 Å². The molecule has 5 aromatic rings. The molecular weight excluding hydrogens is 568 g/mol. The van der Waals surface area contributed by atoms with E-state index in [1.165, 1.54) is 23.2 Å². The fourth-order valence-electron chi connectivity index (χ4n) is 3.92. The zero-order chi connectivity index (χ0) is 30.6. The van der Waals surface area contributed by atoms with Crippen LogP contribution in [0.2, 0.25) is 0 Å². The molecule has 0 spiro atoms. The van der Waals surface area contributed by atoms with Crippen molar-refractivity contribution in [3.63, 3.8) is 0 Å². The Morgan fingerprint density at radius 1 is 0.953 bits per heavy atom. The molecule has 0 fully saturated rings. The van der Waals surface area contributed by atoms with Crippen LogP contribution in [-0.2, 0) is 4.74 Å². The van der Waals surface area contributed by atoms with Gasteiger partial charge in [-0.2, -0.15) is 0 Å². The summed E-state index contributed by atoms with van der Waals surface area (Å²) >= 11 is 1.22. The number of nitrogens with zero attached hydrogens (tertiary/aromatic N) is 5. The van der Waals surface area contributed by atoms with Gasteiger partial charge in [-0.25, -0.2) is 19.7 Å². The van der Waals surface area contributed by atoms with E-state index in [2.05, 4.69) is 54.9 Å². The molecular formula is C30H30N8O4S. The highest BCUT2D eigenvalue weighted by Gasteiger charge is 2.18. The molecule has 0 saturated carbocycles. The molecule has 220 valence electrons. The first kappa shape index (κ1) is 29.3. The second-order valence-corrected chi connectivity index (χ2v) is 11.6. The molecule has 12 nitrogen and oxygen atoms in total. The first-order valence-corrected chi connectivity index (χ1v) is 14.3. The molecule has 0 aliphatic rings. The van der Waals surface area contributed by atoms with E-state index in [1.54, 1.807) is 63.2 Å². The van der Waals surface area contributed by atoms with Crippen LogP contribution in [0.1, 0.15) is 56.6 Å². The Morgan fingerprint density at radius 3 is 2.44 bits per heavy atom. The number of amides is 2. The van der Waals surface area contributed by atoms with Crippen LogP contribution in [0.25, 0.3) is 11.0 Å². The molecule has 13 heteroatoms. The van der Waals surface area contributed by atoms with Crippen LogP contribution >= 0.6 is 11.3 Å². The maximum Gasteiger partial charge on any atom is 0.412 e. The number of fused-ring (bicyclic) bond motifs is 1. The molecule has 5 rings (SSSR count). The average molecular weight is 599 g/mol. The van der Waals surface area contributed by atoms with E-state index < -0.39 is 11.7 Å². The van der Waals surface area contributed by atoms with Crippen LogP contribution in [0.3, 0.4) is 0 Å². The van der Waals surface area contributed by atoms with Gasteiger partial charge in [0.1, 0.15) is 29.0 Å². The molecule has 2 amide bonds. The summed E-state index contributed by atoms with van der Waals surface area (Å²) in [5.41, 5.74) is 3.77. The van der Waals surface area contributed by atoms with Crippen LogP contribution in [0.4, 0.5) is 27.1 Å². The Labute approximate surface area is 251 Å². The van der Waals surface area contributed by atoms with E-state index in [-0.39, 0.29) is 11.8 Å². The monoisotopic (exact) mass is 598 g/mol. The predicted octanol–water partition coefficient (Wildman–Crippen LogP) is 7.13. The zero-order valence-electron chi connectivity index (χ0n) is 24.2. The SMILES string of the molecule is CC(C)c1ccc2c(Nc3cc(C(=O)Nc4nncs4)ccc3Oc3ccc(NC(=O)OC(C)(C)C)cc3)ncnc2n1. The molecule has 0 saturated heterocycles. The zero-order valence-corrected chi connectivity index (χ0v) is 25.0. The second kappa shape index (κ2) is 12.4. The van der Waals surface area contributed by atoms with E-state index in [4.69, 9.17) is 9.47 Å². The van der Waals surface area contributed by atoms with Gasteiger partial charge in [-0.1, -0.05) is 25.2 Å². The number of benzene rings is 2. The largest absolute Gasteiger partial charge is 0.455 e. The highest BCUT2D eigenvalue weighted by Crippen LogP contribution is 2.35. The maximum atomic E-state index is 13.0. The van der Waals surface area contributed by atoms with Crippen molar-refractivity contribution < 1.29 is 19.1 Å². The summed E-state index contributed by atoms with van der Waals surface area (Å²) in [6.45, 7) is 9.52. The fraction of sp³-hybridized carbons (Fsp3) is 0.233. The van der Waals surface area contributed by atoms with Crippen molar-refractivity contribution in [2.45, 2.75) is 46.1 Å². The van der Waals surface area contributed by atoms with Crippen molar-refractivity contribution in [1.29, 1.82) is 0 Å². The first-order valence-electron chi connectivity index (χ1n) is 13.4. The van der Waals surface area contributed by atoms with E-state index in [9.17, 15) is 9.59 Å². The van der Waals surface area contributed by atoms with Gasteiger partial charge in [0.05, 0.1) is 11.1 Å². The third kappa shape index (κ3) is 7.57. The highest BCUT2D eigenvalue weighted by molar-refractivity contribution is 7.13. The minimum Gasteiger partial charge on any atom is -0.455 e. The molecule has 0 radical (unpaired) electrons. The van der Waals surface area contributed by atoms with Gasteiger partial charge in [0.2, 0.25) is 5.13 Å². The molecule has 0 aliphatic carbocycles. The van der Waals surface area contributed by atoms with Crippen LogP contribution < -0.4 is 20.7 Å². The number of carbonyl (C=O) groups excluding carboxylic acids is 2. The van der Waals surface area contributed by atoms with Crippen LogP contribution in [0.5, 0.6) is 11.5 Å². The molecule has 3 heterocycles. The second-order valence-electron chi connectivity index (χ2n) is 10.8. The van der Waals surface area contributed by atoms with Crippen LogP contribution in [0, 0.1) is 0 Å². The van der Waals surface area contributed by atoms with Gasteiger partial charge in [0.15, 0.2) is 11.4 Å². The summed E-state index contributed by atoms with van der Waals surface area (Å²) in [7, 11) is 0. The number of rotatable bonds is 8. The fourth-order valence-corrected chi connectivity index (χ4v) is 4.36. The Hall–Kier alpha value is -5.17.